The summed E-state index contributed by atoms with van der Waals surface area (Å²) >= 11 is 0. The lowest BCUT2D eigenvalue weighted by atomic mass is 10.0. The molecule has 4 heteroatoms. The normalized spacial score (nSPS) is 15.7. The summed E-state index contributed by atoms with van der Waals surface area (Å²) in [5, 5.41) is 2.24. The molecule has 148 valence electrons. The minimum atomic E-state index is 0.122. The average molecular weight is 385 g/mol. The van der Waals surface area contributed by atoms with Gasteiger partial charge in [0.1, 0.15) is 0 Å². The van der Waals surface area contributed by atoms with E-state index in [4.69, 9.17) is 0 Å². The highest BCUT2D eigenvalue weighted by atomic mass is 15.5. The number of benzene rings is 3. The van der Waals surface area contributed by atoms with Crippen LogP contribution < -0.4 is 20.2 Å². The molecule has 0 saturated heterocycles. The maximum atomic E-state index is 3.63. The fraction of sp³-hybridized carbons (Fsp3) is 0.200. The van der Waals surface area contributed by atoms with Gasteiger partial charge in [0, 0.05) is 39.6 Å². The molecule has 0 spiro atoms. The van der Waals surface area contributed by atoms with Crippen LogP contribution in [0.1, 0.15) is 17.2 Å². The van der Waals surface area contributed by atoms with E-state index in [-0.39, 0.29) is 6.04 Å². The Kier molecular flexibility index (Phi) is 5.17. The van der Waals surface area contributed by atoms with E-state index in [1.54, 1.807) is 0 Å². The van der Waals surface area contributed by atoms with Gasteiger partial charge in [-0.05, 0) is 53.6 Å². The predicted octanol–water partition coefficient (Wildman–Crippen LogP) is 4.93. The largest absolute Gasteiger partial charge is 0.378 e. The van der Waals surface area contributed by atoms with Crippen molar-refractivity contribution in [1.29, 1.82) is 0 Å². The number of hydrogen-bond acceptors (Lipinski definition) is 4. The van der Waals surface area contributed by atoms with Crippen LogP contribution in [-0.4, -0.2) is 28.2 Å². The second-order valence-corrected chi connectivity index (χ2v) is 7.77. The van der Waals surface area contributed by atoms with Crippen LogP contribution in [0.25, 0.3) is 5.70 Å². The third-order valence-electron chi connectivity index (χ3n) is 5.32. The number of nitrogens with one attached hydrogen (secondary N) is 1. The zero-order chi connectivity index (χ0) is 20.4. The van der Waals surface area contributed by atoms with Crippen LogP contribution in [-0.2, 0) is 0 Å². The van der Waals surface area contributed by atoms with Crippen molar-refractivity contribution in [2.75, 3.05) is 43.0 Å². The van der Waals surface area contributed by atoms with E-state index in [1.807, 2.05) is 0 Å². The third-order valence-corrected chi connectivity index (χ3v) is 5.32. The number of para-hydroxylation sites is 1. The monoisotopic (exact) mass is 384 g/mol. The molecule has 0 aliphatic carbocycles. The van der Waals surface area contributed by atoms with E-state index in [0.717, 1.165) is 11.4 Å². The Hall–Kier alpha value is -3.40. The quantitative estimate of drug-likeness (QED) is 0.673. The fourth-order valence-corrected chi connectivity index (χ4v) is 3.60. The van der Waals surface area contributed by atoms with Gasteiger partial charge >= 0.3 is 0 Å². The van der Waals surface area contributed by atoms with Gasteiger partial charge in [0.25, 0.3) is 0 Å². The third kappa shape index (κ3) is 3.92. The summed E-state index contributed by atoms with van der Waals surface area (Å²) in [6.45, 7) is 0. The highest BCUT2D eigenvalue weighted by Crippen LogP contribution is 2.35. The van der Waals surface area contributed by atoms with Gasteiger partial charge in [-0.3, -0.25) is 10.4 Å². The first-order valence-electron chi connectivity index (χ1n) is 9.91. The van der Waals surface area contributed by atoms with E-state index < -0.39 is 0 Å². The van der Waals surface area contributed by atoms with E-state index in [0.29, 0.717) is 0 Å². The molecule has 1 atom stereocenters. The van der Waals surface area contributed by atoms with Crippen LogP contribution in [0.15, 0.2) is 84.9 Å². The Morgan fingerprint density at radius 2 is 1.24 bits per heavy atom. The van der Waals surface area contributed by atoms with Crippen LogP contribution in [0.4, 0.5) is 17.1 Å². The summed E-state index contributed by atoms with van der Waals surface area (Å²) < 4.78 is 0. The average Bonchev–Trinajstić information content (AvgIpc) is 3.20. The van der Waals surface area contributed by atoms with E-state index in [9.17, 15) is 0 Å². The number of rotatable bonds is 5. The second-order valence-electron chi connectivity index (χ2n) is 7.77. The van der Waals surface area contributed by atoms with Crippen molar-refractivity contribution in [1.82, 2.24) is 5.43 Å². The molecule has 0 saturated carbocycles. The van der Waals surface area contributed by atoms with Crippen LogP contribution in [0.2, 0.25) is 0 Å². The first-order valence-corrected chi connectivity index (χ1v) is 9.91. The van der Waals surface area contributed by atoms with Crippen LogP contribution >= 0.6 is 0 Å². The van der Waals surface area contributed by atoms with Gasteiger partial charge in [0.2, 0.25) is 0 Å². The molecule has 4 nitrogen and oxygen atoms in total. The summed E-state index contributed by atoms with van der Waals surface area (Å²) in [5.74, 6) is 0. The molecule has 4 rings (SSSR count). The van der Waals surface area contributed by atoms with Crippen molar-refractivity contribution in [2.45, 2.75) is 6.04 Å². The summed E-state index contributed by atoms with van der Waals surface area (Å²) in [6.07, 6.45) is 2.31. The fourth-order valence-electron chi connectivity index (χ4n) is 3.60. The van der Waals surface area contributed by atoms with Crippen molar-refractivity contribution in [3.8, 4) is 0 Å². The van der Waals surface area contributed by atoms with Crippen molar-refractivity contribution >= 4 is 22.8 Å². The molecule has 29 heavy (non-hydrogen) atoms. The lowest BCUT2D eigenvalue weighted by Crippen LogP contribution is -2.33. The van der Waals surface area contributed by atoms with Gasteiger partial charge in [-0.25, -0.2) is 0 Å². The predicted molar refractivity (Wildman–Crippen MR) is 124 cm³/mol. The van der Waals surface area contributed by atoms with Gasteiger partial charge < -0.3 is 9.80 Å². The zero-order valence-electron chi connectivity index (χ0n) is 17.5. The second kappa shape index (κ2) is 7.92. The molecule has 0 bridgehead atoms. The van der Waals surface area contributed by atoms with Gasteiger partial charge in [-0.2, -0.15) is 0 Å². The summed E-state index contributed by atoms with van der Waals surface area (Å²) in [5.41, 5.74) is 10.7. The van der Waals surface area contributed by atoms with Gasteiger partial charge in [-0.15, -0.1) is 0 Å². The summed E-state index contributed by atoms with van der Waals surface area (Å²) in [6, 6.07) is 28.1. The lowest BCUT2D eigenvalue weighted by molar-refractivity contribution is 0.724. The van der Waals surface area contributed by atoms with E-state index >= 15 is 0 Å². The SMILES string of the molecule is CN(C)c1ccc(C2=CC(c3ccc(N(C)C)cc3)N(c3ccccc3)N2)cc1. The maximum absolute atomic E-state index is 3.63. The zero-order valence-corrected chi connectivity index (χ0v) is 17.5. The Morgan fingerprint density at radius 1 is 0.690 bits per heavy atom. The standard InChI is InChI=1S/C25H28N4/c1-27(2)21-14-10-19(11-15-21)24-18-25(20-12-16-22(17-13-20)28(3)4)29(26-24)23-8-6-5-7-9-23/h5-18,25-26H,1-4H3. The Labute approximate surface area is 173 Å². The number of hydrogen-bond donors (Lipinski definition) is 1. The summed E-state index contributed by atoms with van der Waals surface area (Å²) in [4.78, 5) is 4.24. The van der Waals surface area contributed by atoms with Crippen molar-refractivity contribution in [2.24, 2.45) is 0 Å². The van der Waals surface area contributed by atoms with Crippen molar-refractivity contribution < 1.29 is 0 Å². The number of hydrazine groups is 1. The molecular formula is C25H28N4. The molecule has 3 aromatic carbocycles. The highest BCUT2D eigenvalue weighted by Gasteiger charge is 2.27. The Morgan fingerprint density at radius 3 is 1.79 bits per heavy atom. The minimum absolute atomic E-state index is 0.122. The summed E-state index contributed by atoms with van der Waals surface area (Å²) in [7, 11) is 8.26. The molecule has 0 aromatic heterocycles. The van der Waals surface area contributed by atoms with Crippen LogP contribution in [0.5, 0.6) is 0 Å². The molecule has 1 aliphatic rings. The van der Waals surface area contributed by atoms with Gasteiger partial charge in [0.05, 0.1) is 17.4 Å². The van der Waals surface area contributed by atoms with E-state index in [1.165, 1.54) is 22.5 Å². The molecule has 1 unspecified atom stereocenters. The smallest absolute Gasteiger partial charge is 0.0958 e. The molecule has 1 heterocycles. The molecular weight excluding hydrogens is 356 g/mol. The topological polar surface area (TPSA) is 21.8 Å². The van der Waals surface area contributed by atoms with E-state index in [2.05, 4.69) is 133 Å². The molecule has 0 radical (unpaired) electrons. The molecule has 0 amide bonds. The molecule has 3 aromatic rings. The molecule has 1 N–H and O–H groups in total. The molecule has 1 aliphatic heterocycles. The maximum Gasteiger partial charge on any atom is 0.0958 e. The first-order chi connectivity index (χ1) is 14.0. The molecule has 0 fully saturated rings. The Bertz CT molecular complexity index is 974. The Balaban J connectivity index is 1.69. The number of anilines is 3. The number of nitrogens with zero attached hydrogens (tertiary/aromatic N) is 3. The first kappa shape index (κ1) is 18.9. The van der Waals surface area contributed by atoms with Crippen LogP contribution in [0.3, 0.4) is 0 Å². The van der Waals surface area contributed by atoms with Crippen LogP contribution in [0, 0.1) is 0 Å². The lowest BCUT2D eigenvalue weighted by Gasteiger charge is -2.28. The highest BCUT2D eigenvalue weighted by molar-refractivity contribution is 5.73. The van der Waals surface area contributed by atoms with Crippen molar-refractivity contribution in [3.05, 3.63) is 96.1 Å². The van der Waals surface area contributed by atoms with Gasteiger partial charge in [-0.1, -0.05) is 42.5 Å². The van der Waals surface area contributed by atoms with Gasteiger partial charge in [0.15, 0.2) is 0 Å². The minimum Gasteiger partial charge on any atom is -0.378 e. The van der Waals surface area contributed by atoms with Crippen molar-refractivity contribution in [3.63, 3.8) is 0 Å².